The Morgan fingerprint density at radius 3 is 2.43 bits per heavy atom. The maximum Gasteiger partial charge on any atom is 0.323 e. The zero-order valence-corrected chi connectivity index (χ0v) is 13.7. The summed E-state index contributed by atoms with van der Waals surface area (Å²) in [6.07, 6.45) is 0.996. The number of aryl methyl sites for hydroxylation is 1. The fourth-order valence-corrected chi connectivity index (χ4v) is 2.10. The molecule has 0 aromatic heterocycles. The largest absolute Gasteiger partial charge is 0.493 e. The molecule has 0 bridgehead atoms. The lowest BCUT2D eigenvalue weighted by atomic mass is 9.86. The normalized spacial score (nSPS) is 14.6. The highest BCUT2D eigenvalue weighted by Crippen LogP contribution is 2.32. The minimum atomic E-state index is -1.19. The zero-order chi connectivity index (χ0) is 16.3. The molecule has 21 heavy (non-hydrogen) atoms. The third kappa shape index (κ3) is 5.05. The number of carbonyl (C=O) groups is 1. The van der Waals surface area contributed by atoms with Crippen molar-refractivity contribution in [1.82, 2.24) is 0 Å². The molecule has 0 aliphatic rings. The molecule has 1 unspecified atom stereocenters. The van der Waals surface area contributed by atoms with Crippen molar-refractivity contribution >= 4 is 5.97 Å². The minimum Gasteiger partial charge on any atom is -0.493 e. The van der Waals surface area contributed by atoms with Gasteiger partial charge in [0.2, 0.25) is 0 Å². The predicted molar refractivity (Wildman–Crippen MR) is 84.8 cm³/mol. The van der Waals surface area contributed by atoms with Gasteiger partial charge in [0.25, 0.3) is 0 Å². The quantitative estimate of drug-likeness (QED) is 0.790. The SMILES string of the molecule is Cc1ccc(C(C)(C)C)c(OCCCC(C)(N)C(=O)O)c1. The van der Waals surface area contributed by atoms with Crippen LogP contribution in [0, 0.1) is 6.92 Å². The van der Waals surface area contributed by atoms with Gasteiger partial charge in [0, 0.05) is 0 Å². The molecule has 4 nitrogen and oxygen atoms in total. The molecule has 1 rings (SSSR count). The molecule has 0 aliphatic heterocycles. The van der Waals surface area contributed by atoms with E-state index in [4.69, 9.17) is 15.6 Å². The highest BCUT2D eigenvalue weighted by Gasteiger charge is 2.27. The average Bonchev–Trinajstić information content (AvgIpc) is 2.33. The third-order valence-corrected chi connectivity index (χ3v) is 3.53. The van der Waals surface area contributed by atoms with Gasteiger partial charge in [0.05, 0.1) is 6.61 Å². The lowest BCUT2D eigenvalue weighted by Crippen LogP contribution is -2.44. The first-order valence-corrected chi connectivity index (χ1v) is 7.30. The second-order valence-corrected chi connectivity index (χ2v) is 6.92. The molecular weight excluding hydrogens is 266 g/mol. The van der Waals surface area contributed by atoms with Crippen LogP contribution in [0.3, 0.4) is 0 Å². The number of carboxylic acid groups (broad SMARTS) is 1. The van der Waals surface area contributed by atoms with Gasteiger partial charge in [-0.05, 0) is 49.3 Å². The van der Waals surface area contributed by atoms with E-state index in [2.05, 4.69) is 32.9 Å². The van der Waals surface area contributed by atoms with Crippen LogP contribution in [0.15, 0.2) is 18.2 Å². The summed E-state index contributed by atoms with van der Waals surface area (Å²) in [5.41, 5.74) is 6.82. The third-order valence-electron chi connectivity index (χ3n) is 3.53. The fourth-order valence-electron chi connectivity index (χ4n) is 2.10. The molecule has 0 amide bonds. The minimum absolute atomic E-state index is 0.00643. The number of hydrogen-bond donors (Lipinski definition) is 2. The highest BCUT2D eigenvalue weighted by atomic mass is 16.5. The first-order valence-electron chi connectivity index (χ1n) is 7.30. The summed E-state index contributed by atoms with van der Waals surface area (Å²) in [4.78, 5) is 10.9. The molecular formula is C17H27NO3. The van der Waals surface area contributed by atoms with Gasteiger partial charge in [-0.15, -0.1) is 0 Å². The van der Waals surface area contributed by atoms with E-state index in [1.54, 1.807) is 0 Å². The molecule has 1 atom stereocenters. The second kappa shape index (κ2) is 6.48. The fraction of sp³-hybridized carbons (Fsp3) is 0.588. The van der Waals surface area contributed by atoms with Gasteiger partial charge in [-0.2, -0.15) is 0 Å². The Kier molecular flexibility index (Phi) is 5.40. The number of nitrogens with two attached hydrogens (primary N) is 1. The molecule has 0 saturated carbocycles. The summed E-state index contributed by atoms with van der Waals surface area (Å²) in [5, 5.41) is 8.98. The van der Waals surface area contributed by atoms with Crippen molar-refractivity contribution in [2.75, 3.05) is 6.61 Å². The number of hydrogen-bond acceptors (Lipinski definition) is 3. The van der Waals surface area contributed by atoms with E-state index >= 15 is 0 Å². The number of ether oxygens (including phenoxy) is 1. The van der Waals surface area contributed by atoms with Crippen LogP contribution in [0.5, 0.6) is 5.75 Å². The highest BCUT2D eigenvalue weighted by molar-refractivity contribution is 5.77. The van der Waals surface area contributed by atoms with Gasteiger partial charge in [-0.25, -0.2) is 0 Å². The Balaban J connectivity index is 2.68. The van der Waals surface area contributed by atoms with Gasteiger partial charge in [-0.1, -0.05) is 32.9 Å². The van der Waals surface area contributed by atoms with Gasteiger partial charge in [0.15, 0.2) is 0 Å². The van der Waals surface area contributed by atoms with Gasteiger partial charge < -0.3 is 15.6 Å². The lowest BCUT2D eigenvalue weighted by Gasteiger charge is -2.24. The van der Waals surface area contributed by atoms with Crippen LogP contribution in [0.25, 0.3) is 0 Å². The Morgan fingerprint density at radius 2 is 1.90 bits per heavy atom. The smallest absolute Gasteiger partial charge is 0.323 e. The monoisotopic (exact) mass is 293 g/mol. The van der Waals surface area contributed by atoms with E-state index in [1.807, 2.05) is 13.0 Å². The second-order valence-electron chi connectivity index (χ2n) is 6.92. The van der Waals surface area contributed by atoms with Crippen molar-refractivity contribution in [2.24, 2.45) is 5.73 Å². The summed E-state index contributed by atoms with van der Waals surface area (Å²) < 4.78 is 5.87. The van der Waals surface area contributed by atoms with Crippen molar-refractivity contribution in [3.05, 3.63) is 29.3 Å². The van der Waals surface area contributed by atoms with Gasteiger partial charge in [0.1, 0.15) is 11.3 Å². The zero-order valence-electron chi connectivity index (χ0n) is 13.7. The van der Waals surface area contributed by atoms with E-state index in [0.717, 1.165) is 16.9 Å². The molecule has 0 spiro atoms. The maximum absolute atomic E-state index is 10.9. The molecule has 0 saturated heterocycles. The topological polar surface area (TPSA) is 72.5 Å². The van der Waals surface area contributed by atoms with Crippen LogP contribution in [0.2, 0.25) is 0 Å². The van der Waals surface area contributed by atoms with Crippen LogP contribution in [-0.2, 0) is 10.2 Å². The first kappa shape index (κ1) is 17.5. The molecule has 0 heterocycles. The predicted octanol–water partition coefficient (Wildman–Crippen LogP) is 3.25. The van der Waals surface area contributed by atoms with Crippen molar-refractivity contribution in [2.45, 2.75) is 58.4 Å². The Bertz CT molecular complexity index is 501. The van der Waals surface area contributed by atoms with E-state index in [0.29, 0.717) is 19.4 Å². The molecule has 118 valence electrons. The molecule has 1 aromatic carbocycles. The van der Waals surface area contributed by atoms with Crippen LogP contribution in [0.1, 0.15) is 51.7 Å². The molecule has 0 aliphatic carbocycles. The van der Waals surface area contributed by atoms with E-state index < -0.39 is 11.5 Å². The maximum atomic E-state index is 10.9. The van der Waals surface area contributed by atoms with E-state index in [1.165, 1.54) is 6.92 Å². The summed E-state index contributed by atoms with van der Waals surface area (Å²) in [7, 11) is 0. The standard InChI is InChI=1S/C17H27NO3/c1-12-7-8-13(16(2,3)4)14(11-12)21-10-6-9-17(5,18)15(19)20/h7-8,11H,6,9-10,18H2,1-5H3,(H,19,20). The van der Waals surface area contributed by atoms with Crippen molar-refractivity contribution in [3.8, 4) is 5.75 Å². The molecule has 0 fully saturated rings. The van der Waals surface area contributed by atoms with Crippen molar-refractivity contribution in [3.63, 3.8) is 0 Å². The Hall–Kier alpha value is -1.55. The van der Waals surface area contributed by atoms with E-state index in [-0.39, 0.29) is 5.41 Å². The van der Waals surface area contributed by atoms with Crippen LogP contribution < -0.4 is 10.5 Å². The van der Waals surface area contributed by atoms with E-state index in [9.17, 15) is 4.79 Å². The number of benzene rings is 1. The van der Waals surface area contributed by atoms with Crippen LogP contribution in [0.4, 0.5) is 0 Å². The number of aliphatic carboxylic acids is 1. The molecule has 3 N–H and O–H groups in total. The van der Waals surface area contributed by atoms with Crippen LogP contribution >= 0.6 is 0 Å². The average molecular weight is 293 g/mol. The summed E-state index contributed by atoms with van der Waals surface area (Å²) in [6, 6.07) is 6.20. The summed E-state index contributed by atoms with van der Waals surface area (Å²) in [6.45, 7) is 10.5. The van der Waals surface area contributed by atoms with Crippen molar-refractivity contribution in [1.29, 1.82) is 0 Å². The van der Waals surface area contributed by atoms with Gasteiger partial charge in [-0.3, -0.25) is 4.79 Å². The first-order chi connectivity index (χ1) is 9.54. The van der Waals surface area contributed by atoms with Crippen molar-refractivity contribution < 1.29 is 14.6 Å². The van der Waals surface area contributed by atoms with Crippen LogP contribution in [-0.4, -0.2) is 23.2 Å². The lowest BCUT2D eigenvalue weighted by molar-refractivity contribution is -0.142. The summed E-state index contributed by atoms with van der Waals surface area (Å²) >= 11 is 0. The molecule has 4 heteroatoms. The Labute approximate surface area is 127 Å². The van der Waals surface area contributed by atoms with Gasteiger partial charge >= 0.3 is 5.97 Å². The number of rotatable bonds is 6. The number of carboxylic acids is 1. The molecule has 1 aromatic rings. The Morgan fingerprint density at radius 1 is 1.29 bits per heavy atom. The molecule has 0 radical (unpaired) electrons. The summed E-state index contributed by atoms with van der Waals surface area (Å²) in [5.74, 6) is -0.106.